The van der Waals surface area contributed by atoms with E-state index in [9.17, 15) is 0 Å². The molecule has 1 aromatic carbocycles. The maximum atomic E-state index is 6.17. The fourth-order valence-corrected chi connectivity index (χ4v) is 3.59. The zero-order chi connectivity index (χ0) is 15.5. The molecule has 3 heteroatoms. The predicted octanol–water partition coefficient (Wildman–Crippen LogP) is 5.39. The predicted molar refractivity (Wildman–Crippen MR) is 93.6 cm³/mol. The van der Waals surface area contributed by atoms with E-state index in [-0.39, 0.29) is 5.41 Å². The topological polar surface area (TPSA) is 12.9 Å². The van der Waals surface area contributed by atoms with Crippen LogP contribution in [0.15, 0.2) is 29.6 Å². The molecule has 1 heterocycles. The molecule has 114 valence electrons. The Balaban J connectivity index is 2.02. The minimum Gasteiger partial charge on any atom is -0.246 e. The van der Waals surface area contributed by atoms with E-state index < -0.39 is 0 Å². The molecule has 0 spiro atoms. The molecule has 2 rings (SSSR count). The smallest absolute Gasteiger partial charge is 0.0931 e. The molecule has 21 heavy (non-hydrogen) atoms. The van der Waals surface area contributed by atoms with E-state index in [1.807, 2.05) is 0 Å². The molecule has 0 amide bonds. The summed E-state index contributed by atoms with van der Waals surface area (Å²) in [6.07, 6.45) is 1.99. The first-order chi connectivity index (χ1) is 9.88. The lowest BCUT2D eigenvalue weighted by molar-refractivity contribution is 0.556. The summed E-state index contributed by atoms with van der Waals surface area (Å²) >= 11 is 7.94. The van der Waals surface area contributed by atoms with E-state index in [1.54, 1.807) is 11.3 Å². The first-order valence-corrected chi connectivity index (χ1v) is 8.86. The van der Waals surface area contributed by atoms with Crippen molar-refractivity contribution in [2.45, 2.75) is 46.0 Å². The third-order valence-electron chi connectivity index (χ3n) is 3.65. The Labute approximate surface area is 137 Å². The summed E-state index contributed by atoms with van der Waals surface area (Å²) in [4.78, 5) is 4.78. The fourth-order valence-electron chi connectivity index (χ4n) is 2.23. The number of hydrogen-bond donors (Lipinski definition) is 0. The Kier molecular flexibility index (Phi) is 5.45. The summed E-state index contributed by atoms with van der Waals surface area (Å²) in [5.74, 6) is 1.13. The van der Waals surface area contributed by atoms with Crippen LogP contribution in [0.1, 0.15) is 42.6 Å². The summed E-state index contributed by atoms with van der Waals surface area (Å²) in [5, 5.41) is 3.39. The number of nitrogens with zero attached hydrogens (tertiary/aromatic N) is 1. The molecule has 0 aliphatic heterocycles. The fraction of sp³-hybridized carbons (Fsp3) is 0.500. The molecular weight excluding hydrogens is 298 g/mol. The van der Waals surface area contributed by atoms with Gasteiger partial charge in [-0.15, -0.1) is 22.9 Å². The van der Waals surface area contributed by atoms with Crippen molar-refractivity contribution in [3.63, 3.8) is 0 Å². The lowest BCUT2D eigenvalue weighted by Crippen LogP contribution is -2.13. The first-order valence-electron chi connectivity index (χ1n) is 7.45. The van der Waals surface area contributed by atoms with E-state index in [4.69, 9.17) is 16.6 Å². The van der Waals surface area contributed by atoms with Crippen LogP contribution < -0.4 is 0 Å². The molecule has 0 saturated heterocycles. The number of aryl methyl sites for hydroxylation is 1. The van der Waals surface area contributed by atoms with Crippen LogP contribution in [0.2, 0.25) is 0 Å². The van der Waals surface area contributed by atoms with Gasteiger partial charge in [-0.2, -0.15) is 0 Å². The van der Waals surface area contributed by atoms with Crippen molar-refractivity contribution in [1.29, 1.82) is 0 Å². The van der Waals surface area contributed by atoms with Gasteiger partial charge in [0.2, 0.25) is 0 Å². The summed E-state index contributed by atoms with van der Waals surface area (Å²) in [7, 11) is 0. The van der Waals surface area contributed by atoms with Gasteiger partial charge in [0, 0.05) is 23.1 Å². The number of halogens is 1. The van der Waals surface area contributed by atoms with Crippen LogP contribution in [-0.4, -0.2) is 10.9 Å². The molecule has 1 aromatic heterocycles. The molecule has 0 fully saturated rings. The van der Waals surface area contributed by atoms with Gasteiger partial charge in [0.05, 0.1) is 10.7 Å². The molecule has 1 unspecified atom stereocenters. The maximum Gasteiger partial charge on any atom is 0.0931 e. The van der Waals surface area contributed by atoms with Crippen molar-refractivity contribution in [3.05, 3.63) is 51.5 Å². The first kappa shape index (κ1) is 16.5. The van der Waals surface area contributed by atoms with Gasteiger partial charge >= 0.3 is 0 Å². The van der Waals surface area contributed by atoms with E-state index in [0.29, 0.717) is 11.8 Å². The molecule has 1 atom stereocenters. The van der Waals surface area contributed by atoms with Crippen LogP contribution in [0.25, 0.3) is 0 Å². The van der Waals surface area contributed by atoms with Crippen LogP contribution in [0.3, 0.4) is 0 Å². The molecule has 1 nitrogen and oxygen atoms in total. The van der Waals surface area contributed by atoms with Crippen LogP contribution in [0.4, 0.5) is 0 Å². The number of thiazole rings is 1. The van der Waals surface area contributed by atoms with Gasteiger partial charge in [-0.05, 0) is 24.8 Å². The Hall–Kier alpha value is -0.860. The Morgan fingerprint density at radius 1 is 1.14 bits per heavy atom. The van der Waals surface area contributed by atoms with Crippen molar-refractivity contribution in [2.75, 3.05) is 5.88 Å². The van der Waals surface area contributed by atoms with Crippen molar-refractivity contribution >= 4 is 22.9 Å². The Morgan fingerprint density at radius 2 is 1.81 bits per heavy atom. The van der Waals surface area contributed by atoms with Crippen molar-refractivity contribution in [3.8, 4) is 0 Å². The van der Waals surface area contributed by atoms with Crippen molar-refractivity contribution < 1.29 is 0 Å². The number of benzene rings is 1. The summed E-state index contributed by atoms with van der Waals surface area (Å²) in [5.41, 5.74) is 3.98. The maximum absolute atomic E-state index is 6.17. The average Bonchev–Trinajstić information content (AvgIpc) is 2.89. The van der Waals surface area contributed by atoms with Crippen molar-refractivity contribution in [1.82, 2.24) is 4.98 Å². The molecule has 2 aromatic rings. The Bertz CT molecular complexity index is 566. The average molecular weight is 322 g/mol. The van der Waals surface area contributed by atoms with Crippen LogP contribution >= 0.6 is 22.9 Å². The molecule has 0 N–H and O–H groups in total. The van der Waals surface area contributed by atoms with E-state index in [2.05, 4.69) is 57.3 Å². The van der Waals surface area contributed by atoms with Crippen molar-refractivity contribution in [2.24, 2.45) is 5.92 Å². The summed E-state index contributed by atoms with van der Waals surface area (Å²) in [6.45, 7) is 8.73. The largest absolute Gasteiger partial charge is 0.246 e. The SMILES string of the molecule is Cc1ccc(CC(CCl)Cc2nc(C(C)(C)C)cs2)cc1. The number of rotatable bonds is 5. The highest BCUT2D eigenvalue weighted by atomic mass is 35.5. The molecule has 0 bridgehead atoms. The zero-order valence-corrected chi connectivity index (χ0v) is 14.9. The third-order valence-corrected chi connectivity index (χ3v) is 4.95. The second-order valence-electron chi connectivity index (χ2n) is 6.79. The monoisotopic (exact) mass is 321 g/mol. The van der Waals surface area contributed by atoms with Gasteiger partial charge in [0.1, 0.15) is 0 Å². The highest BCUT2D eigenvalue weighted by Gasteiger charge is 2.19. The van der Waals surface area contributed by atoms with E-state index in [1.165, 1.54) is 21.8 Å². The van der Waals surface area contributed by atoms with Crippen LogP contribution in [0, 0.1) is 12.8 Å². The highest BCUT2D eigenvalue weighted by molar-refractivity contribution is 7.09. The minimum absolute atomic E-state index is 0.127. The normalized spacial score (nSPS) is 13.4. The van der Waals surface area contributed by atoms with E-state index >= 15 is 0 Å². The Morgan fingerprint density at radius 3 is 2.33 bits per heavy atom. The second-order valence-corrected chi connectivity index (χ2v) is 8.04. The van der Waals surface area contributed by atoms with Gasteiger partial charge in [-0.25, -0.2) is 4.98 Å². The van der Waals surface area contributed by atoms with Gasteiger partial charge in [-0.3, -0.25) is 0 Å². The standard InChI is InChI=1S/C18H24ClNS/c1-13-5-7-14(8-6-13)9-15(11-19)10-17-20-16(12-21-17)18(2,3)4/h5-8,12,15H,9-11H2,1-4H3. The molecule has 0 aliphatic carbocycles. The van der Waals surface area contributed by atoms with Crippen LogP contribution in [-0.2, 0) is 18.3 Å². The minimum atomic E-state index is 0.127. The summed E-state index contributed by atoms with van der Waals surface area (Å²) < 4.78 is 0. The number of aromatic nitrogens is 1. The number of hydrogen-bond acceptors (Lipinski definition) is 2. The van der Waals surface area contributed by atoms with Crippen LogP contribution in [0.5, 0.6) is 0 Å². The lowest BCUT2D eigenvalue weighted by atomic mass is 9.93. The number of alkyl halides is 1. The molecule has 0 aliphatic rings. The summed E-state index contributed by atoms with van der Waals surface area (Å²) in [6, 6.07) is 8.75. The molecule has 0 radical (unpaired) electrons. The molecule has 0 saturated carbocycles. The van der Waals surface area contributed by atoms with Gasteiger partial charge in [0.25, 0.3) is 0 Å². The zero-order valence-electron chi connectivity index (χ0n) is 13.3. The van der Waals surface area contributed by atoms with Gasteiger partial charge in [0.15, 0.2) is 0 Å². The quantitative estimate of drug-likeness (QED) is 0.673. The van der Waals surface area contributed by atoms with E-state index in [0.717, 1.165) is 12.8 Å². The lowest BCUT2D eigenvalue weighted by Gasteiger charge is -2.15. The van der Waals surface area contributed by atoms with Gasteiger partial charge in [-0.1, -0.05) is 50.6 Å². The second kappa shape index (κ2) is 6.93. The van der Waals surface area contributed by atoms with Gasteiger partial charge < -0.3 is 0 Å². The highest BCUT2D eigenvalue weighted by Crippen LogP contribution is 2.26. The molecular formula is C18H24ClNS. The third kappa shape index (κ3) is 4.82.